The maximum Gasteiger partial charge on any atom is 0.0719 e. The van der Waals surface area contributed by atoms with Crippen LogP contribution in [0.15, 0.2) is 0 Å². The smallest absolute Gasteiger partial charge is 0.0719 e. The maximum absolute atomic E-state index is 5.09. The molecule has 0 radical (unpaired) electrons. The average Bonchev–Trinajstić information content (AvgIpc) is 2.04. The second-order valence-corrected chi connectivity index (χ2v) is 4.50. The summed E-state index contributed by atoms with van der Waals surface area (Å²) < 4.78 is 0. The molecule has 0 amide bonds. The highest BCUT2D eigenvalue weighted by molar-refractivity contribution is 4.73. The number of likely N-dealkylation sites (tertiary alicyclic amines) is 1. The molecule has 0 aromatic heterocycles. The fraction of sp³-hybridized carbons (Fsp3) is 1.00. The number of rotatable bonds is 4. The van der Waals surface area contributed by atoms with Crippen molar-refractivity contribution in [1.29, 1.82) is 0 Å². The molecule has 2 N–H and O–H groups in total. The van der Waals surface area contributed by atoms with Crippen LogP contribution in [0.3, 0.4) is 0 Å². The van der Waals surface area contributed by atoms with Crippen LogP contribution >= 0.6 is 0 Å². The summed E-state index contributed by atoms with van der Waals surface area (Å²) in [6.07, 6.45) is 2.56. The van der Waals surface area contributed by atoms with Crippen LogP contribution in [0.25, 0.3) is 0 Å². The third-order valence-electron chi connectivity index (χ3n) is 2.56. The highest BCUT2D eigenvalue weighted by atomic mass is 16.6. The first-order valence-electron chi connectivity index (χ1n) is 5.26. The molecule has 0 spiro atoms. The molecular formula is C10H22N2O. The standard InChI is InChI=1S/C10H22N2O/c1-9(2)6-12-5-3-4-10(7-12)8-13-11/h9-10H,3-8,11H2,1-2H3. The van der Waals surface area contributed by atoms with Gasteiger partial charge in [0.15, 0.2) is 0 Å². The number of nitrogens with zero attached hydrogens (tertiary/aromatic N) is 1. The van der Waals surface area contributed by atoms with Crippen molar-refractivity contribution in [2.24, 2.45) is 17.7 Å². The Morgan fingerprint density at radius 1 is 1.54 bits per heavy atom. The molecule has 1 heterocycles. The zero-order valence-corrected chi connectivity index (χ0v) is 8.83. The van der Waals surface area contributed by atoms with E-state index in [2.05, 4.69) is 18.7 Å². The molecular weight excluding hydrogens is 164 g/mol. The number of nitrogens with two attached hydrogens (primary N) is 1. The lowest BCUT2D eigenvalue weighted by molar-refractivity contribution is 0.0574. The van der Waals surface area contributed by atoms with Crippen molar-refractivity contribution in [3.63, 3.8) is 0 Å². The molecule has 1 fully saturated rings. The minimum Gasteiger partial charge on any atom is -0.304 e. The van der Waals surface area contributed by atoms with Crippen LogP contribution in [0.4, 0.5) is 0 Å². The van der Waals surface area contributed by atoms with Crippen molar-refractivity contribution in [2.45, 2.75) is 26.7 Å². The number of piperidine rings is 1. The maximum atomic E-state index is 5.09. The molecule has 1 rings (SSSR count). The van der Waals surface area contributed by atoms with E-state index >= 15 is 0 Å². The molecule has 13 heavy (non-hydrogen) atoms. The minimum absolute atomic E-state index is 0.650. The van der Waals surface area contributed by atoms with Crippen molar-refractivity contribution in [1.82, 2.24) is 4.90 Å². The van der Waals surface area contributed by atoms with E-state index in [1.165, 1.54) is 25.9 Å². The molecule has 1 aliphatic rings. The van der Waals surface area contributed by atoms with Crippen molar-refractivity contribution >= 4 is 0 Å². The van der Waals surface area contributed by atoms with Crippen LogP contribution in [0.5, 0.6) is 0 Å². The van der Waals surface area contributed by atoms with Crippen LogP contribution in [0.1, 0.15) is 26.7 Å². The Bertz CT molecular complexity index is 137. The molecule has 0 aliphatic carbocycles. The average molecular weight is 186 g/mol. The predicted molar refractivity (Wildman–Crippen MR) is 54.1 cm³/mol. The number of hydrogen-bond acceptors (Lipinski definition) is 3. The highest BCUT2D eigenvalue weighted by Crippen LogP contribution is 2.17. The van der Waals surface area contributed by atoms with Crippen molar-refractivity contribution in [3.05, 3.63) is 0 Å². The van der Waals surface area contributed by atoms with E-state index in [4.69, 9.17) is 10.7 Å². The molecule has 1 saturated heterocycles. The van der Waals surface area contributed by atoms with Crippen LogP contribution in [0, 0.1) is 11.8 Å². The quantitative estimate of drug-likeness (QED) is 0.671. The SMILES string of the molecule is CC(C)CN1CCCC(CON)C1. The normalized spacial score (nSPS) is 25.4. The van der Waals surface area contributed by atoms with E-state index in [9.17, 15) is 0 Å². The topological polar surface area (TPSA) is 38.5 Å². The number of hydrogen-bond donors (Lipinski definition) is 1. The van der Waals surface area contributed by atoms with Gasteiger partial charge in [0.05, 0.1) is 6.61 Å². The molecule has 78 valence electrons. The van der Waals surface area contributed by atoms with Gasteiger partial charge in [0, 0.05) is 13.1 Å². The lowest BCUT2D eigenvalue weighted by atomic mass is 9.98. The molecule has 1 atom stereocenters. The van der Waals surface area contributed by atoms with E-state index < -0.39 is 0 Å². The van der Waals surface area contributed by atoms with Crippen LogP contribution < -0.4 is 5.90 Å². The van der Waals surface area contributed by atoms with Gasteiger partial charge < -0.3 is 9.74 Å². The molecule has 0 aromatic carbocycles. The molecule has 0 aromatic rings. The summed E-state index contributed by atoms with van der Waals surface area (Å²) in [5.41, 5.74) is 0. The fourth-order valence-electron chi connectivity index (χ4n) is 2.11. The van der Waals surface area contributed by atoms with Crippen molar-refractivity contribution in [2.75, 3.05) is 26.2 Å². The van der Waals surface area contributed by atoms with E-state index in [0.717, 1.165) is 12.5 Å². The van der Waals surface area contributed by atoms with Gasteiger partial charge in [0.1, 0.15) is 0 Å². The predicted octanol–water partition coefficient (Wildman–Crippen LogP) is 1.24. The van der Waals surface area contributed by atoms with Gasteiger partial charge in [-0.1, -0.05) is 13.8 Å². The van der Waals surface area contributed by atoms with Gasteiger partial charge in [-0.25, -0.2) is 5.90 Å². The summed E-state index contributed by atoms with van der Waals surface area (Å²) in [5.74, 6) is 6.50. The summed E-state index contributed by atoms with van der Waals surface area (Å²) in [5, 5.41) is 0. The Kier molecular flexibility index (Phi) is 4.70. The largest absolute Gasteiger partial charge is 0.304 e. The summed E-state index contributed by atoms with van der Waals surface area (Å²) in [6, 6.07) is 0. The van der Waals surface area contributed by atoms with Crippen LogP contribution in [-0.2, 0) is 4.84 Å². The monoisotopic (exact) mass is 186 g/mol. The first-order chi connectivity index (χ1) is 6.22. The Hall–Kier alpha value is -0.120. The van der Waals surface area contributed by atoms with Crippen LogP contribution in [0.2, 0.25) is 0 Å². The second-order valence-electron chi connectivity index (χ2n) is 4.50. The molecule has 0 bridgehead atoms. The van der Waals surface area contributed by atoms with Gasteiger partial charge in [0.25, 0.3) is 0 Å². The van der Waals surface area contributed by atoms with Gasteiger partial charge in [-0.15, -0.1) is 0 Å². The molecule has 1 unspecified atom stereocenters. The van der Waals surface area contributed by atoms with Crippen LogP contribution in [-0.4, -0.2) is 31.1 Å². The van der Waals surface area contributed by atoms with E-state index in [1.54, 1.807) is 0 Å². The van der Waals surface area contributed by atoms with Gasteiger partial charge in [-0.2, -0.15) is 0 Å². The highest BCUT2D eigenvalue weighted by Gasteiger charge is 2.19. The minimum atomic E-state index is 0.650. The molecule has 3 heteroatoms. The fourth-order valence-corrected chi connectivity index (χ4v) is 2.11. The third kappa shape index (κ3) is 4.07. The molecule has 0 saturated carbocycles. The van der Waals surface area contributed by atoms with Gasteiger partial charge in [-0.05, 0) is 31.2 Å². The van der Waals surface area contributed by atoms with Crippen molar-refractivity contribution < 1.29 is 4.84 Å². The third-order valence-corrected chi connectivity index (χ3v) is 2.56. The van der Waals surface area contributed by atoms with E-state index in [-0.39, 0.29) is 0 Å². The first-order valence-corrected chi connectivity index (χ1v) is 5.26. The lowest BCUT2D eigenvalue weighted by Gasteiger charge is -2.33. The Balaban J connectivity index is 2.24. The summed E-state index contributed by atoms with van der Waals surface area (Å²) in [4.78, 5) is 7.23. The summed E-state index contributed by atoms with van der Waals surface area (Å²) in [6.45, 7) is 8.87. The Labute approximate surface area is 81.2 Å². The Morgan fingerprint density at radius 2 is 2.31 bits per heavy atom. The van der Waals surface area contributed by atoms with Gasteiger partial charge >= 0.3 is 0 Å². The summed E-state index contributed by atoms with van der Waals surface area (Å²) >= 11 is 0. The summed E-state index contributed by atoms with van der Waals surface area (Å²) in [7, 11) is 0. The van der Waals surface area contributed by atoms with E-state index in [1.807, 2.05) is 0 Å². The lowest BCUT2D eigenvalue weighted by Crippen LogP contribution is -2.39. The zero-order valence-electron chi connectivity index (χ0n) is 8.83. The molecule has 3 nitrogen and oxygen atoms in total. The molecule has 1 aliphatic heterocycles. The van der Waals surface area contributed by atoms with Gasteiger partial charge in [-0.3, -0.25) is 0 Å². The van der Waals surface area contributed by atoms with Gasteiger partial charge in [0.2, 0.25) is 0 Å². The zero-order chi connectivity index (χ0) is 9.68. The Morgan fingerprint density at radius 3 is 2.92 bits per heavy atom. The van der Waals surface area contributed by atoms with E-state index in [0.29, 0.717) is 12.5 Å². The second kappa shape index (κ2) is 5.58. The first kappa shape index (κ1) is 11.0. The van der Waals surface area contributed by atoms with Crippen molar-refractivity contribution in [3.8, 4) is 0 Å².